The lowest BCUT2D eigenvalue weighted by atomic mass is 9.80. The molecule has 0 aromatic heterocycles. The Balaban J connectivity index is 1.50. The van der Waals surface area contributed by atoms with Crippen molar-refractivity contribution in [2.75, 3.05) is 26.4 Å². The summed E-state index contributed by atoms with van der Waals surface area (Å²) in [5, 5.41) is 8.88. The SMILES string of the molecule is CCCCCCCCCCCCCCCCOC[C@H](COC(c1ccccc1)(c1ccccc1)c1ccccc1)OCCCCCCCCC(=O)O. The third-order valence-corrected chi connectivity index (χ3v) is 10.1. The van der Waals surface area contributed by atoms with Crippen molar-refractivity contribution in [3.8, 4) is 0 Å². The van der Waals surface area contributed by atoms with Crippen LogP contribution in [0.1, 0.15) is 158 Å². The fourth-order valence-corrected chi connectivity index (χ4v) is 7.08. The molecule has 5 nitrogen and oxygen atoms in total. The molecule has 0 saturated heterocycles. The normalized spacial score (nSPS) is 12.2. The van der Waals surface area contributed by atoms with Crippen LogP contribution in [0, 0.1) is 0 Å². The molecule has 0 amide bonds. The van der Waals surface area contributed by atoms with E-state index in [1.165, 1.54) is 83.5 Å². The predicted octanol–water partition coefficient (Wildman–Crippen LogP) is 12.7. The van der Waals surface area contributed by atoms with Gasteiger partial charge in [-0.25, -0.2) is 0 Å². The lowest BCUT2D eigenvalue weighted by Gasteiger charge is -2.37. The molecule has 0 bridgehead atoms. The summed E-state index contributed by atoms with van der Waals surface area (Å²) in [7, 11) is 0. The average Bonchev–Trinajstić information content (AvgIpc) is 3.18. The molecule has 0 spiro atoms. The summed E-state index contributed by atoms with van der Waals surface area (Å²) in [6.45, 7) is 4.58. The Morgan fingerprint density at radius 3 is 1.33 bits per heavy atom. The highest BCUT2D eigenvalue weighted by molar-refractivity contribution is 5.66. The first-order chi connectivity index (χ1) is 25.7. The molecular formula is C47H70O5. The lowest BCUT2D eigenvalue weighted by molar-refractivity contribution is -0.137. The number of carbonyl (C=O) groups is 1. The molecule has 0 fully saturated rings. The van der Waals surface area contributed by atoms with Crippen molar-refractivity contribution in [2.45, 2.75) is 153 Å². The van der Waals surface area contributed by atoms with Gasteiger partial charge in [-0.05, 0) is 36.0 Å². The number of ether oxygens (including phenoxy) is 3. The predicted molar refractivity (Wildman–Crippen MR) is 216 cm³/mol. The number of carboxylic acids is 1. The van der Waals surface area contributed by atoms with Crippen LogP contribution in [0.3, 0.4) is 0 Å². The van der Waals surface area contributed by atoms with Crippen LogP contribution >= 0.6 is 0 Å². The van der Waals surface area contributed by atoms with Gasteiger partial charge in [-0.15, -0.1) is 0 Å². The number of aliphatic carboxylic acids is 1. The summed E-state index contributed by atoms with van der Waals surface area (Å²) >= 11 is 0. The maximum atomic E-state index is 10.8. The minimum Gasteiger partial charge on any atom is -0.481 e. The first-order valence-corrected chi connectivity index (χ1v) is 20.9. The fraction of sp³-hybridized carbons (Fsp3) is 0.596. The van der Waals surface area contributed by atoms with Gasteiger partial charge in [0.25, 0.3) is 0 Å². The Hall–Kier alpha value is -2.99. The summed E-state index contributed by atoms with van der Waals surface area (Å²) in [6, 6.07) is 31.5. The number of benzene rings is 3. The Bertz CT molecular complexity index is 1150. The molecule has 3 rings (SSSR count). The van der Waals surface area contributed by atoms with Crippen molar-refractivity contribution in [3.63, 3.8) is 0 Å². The van der Waals surface area contributed by atoms with Crippen molar-refractivity contribution in [1.82, 2.24) is 0 Å². The summed E-state index contributed by atoms with van der Waals surface area (Å²) in [4.78, 5) is 10.8. The van der Waals surface area contributed by atoms with Gasteiger partial charge in [0.2, 0.25) is 0 Å². The van der Waals surface area contributed by atoms with Crippen molar-refractivity contribution in [3.05, 3.63) is 108 Å². The van der Waals surface area contributed by atoms with Crippen LogP contribution in [-0.4, -0.2) is 43.6 Å². The van der Waals surface area contributed by atoms with Crippen molar-refractivity contribution >= 4 is 5.97 Å². The third kappa shape index (κ3) is 17.7. The van der Waals surface area contributed by atoms with Gasteiger partial charge >= 0.3 is 5.97 Å². The highest BCUT2D eigenvalue weighted by atomic mass is 16.6. The van der Waals surface area contributed by atoms with E-state index in [1.54, 1.807) is 0 Å². The molecule has 0 saturated carbocycles. The summed E-state index contributed by atoms with van der Waals surface area (Å²) in [5.41, 5.74) is 2.45. The molecule has 0 aliphatic heterocycles. The second kappa shape index (κ2) is 28.5. The summed E-state index contributed by atoms with van der Waals surface area (Å²) < 4.78 is 19.9. The second-order valence-electron chi connectivity index (χ2n) is 14.5. The van der Waals surface area contributed by atoms with Crippen molar-refractivity contribution in [2.24, 2.45) is 0 Å². The first-order valence-electron chi connectivity index (χ1n) is 20.9. The van der Waals surface area contributed by atoms with Gasteiger partial charge in [-0.3, -0.25) is 4.79 Å². The van der Waals surface area contributed by atoms with Gasteiger partial charge in [-0.1, -0.05) is 207 Å². The number of hydrogen-bond donors (Lipinski definition) is 1. The van der Waals surface area contributed by atoms with E-state index in [4.69, 9.17) is 19.3 Å². The standard InChI is InChI=1S/C47H70O5/c1-2-3-4-5-6-7-8-9-10-11-12-14-17-29-38-50-40-45(51-39-30-18-15-13-16-28-37-46(48)49)41-52-47(42-31-22-19-23-32-42,43-33-24-20-25-34-43)44-35-26-21-27-36-44/h19-27,31-36,45H,2-18,28-30,37-41H2,1H3,(H,48,49)/t45-/m1/s1. The quantitative estimate of drug-likeness (QED) is 0.0502. The monoisotopic (exact) mass is 715 g/mol. The largest absolute Gasteiger partial charge is 0.481 e. The van der Waals surface area contributed by atoms with Crippen LogP contribution in [0.15, 0.2) is 91.0 Å². The van der Waals surface area contributed by atoms with Crippen LogP contribution < -0.4 is 0 Å². The van der Waals surface area contributed by atoms with E-state index in [2.05, 4.69) is 79.7 Å². The van der Waals surface area contributed by atoms with Crippen molar-refractivity contribution in [1.29, 1.82) is 0 Å². The molecule has 1 atom stereocenters. The number of hydrogen-bond acceptors (Lipinski definition) is 4. The zero-order valence-corrected chi connectivity index (χ0v) is 32.5. The van der Waals surface area contributed by atoms with Gasteiger partial charge in [0, 0.05) is 19.6 Å². The van der Waals surface area contributed by atoms with Gasteiger partial charge in [-0.2, -0.15) is 0 Å². The molecule has 0 unspecified atom stereocenters. The van der Waals surface area contributed by atoms with E-state index in [0.29, 0.717) is 19.8 Å². The summed E-state index contributed by atoms with van der Waals surface area (Å²) in [6.07, 6.45) is 24.8. The molecular weight excluding hydrogens is 645 g/mol. The maximum Gasteiger partial charge on any atom is 0.303 e. The average molecular weight is 715 g/mol. The second-order valence-corrected chi connectivity index (χ2v) is 14.5. The molecule has 0 aliphatic carbocycles. The molecule has 3 aromatic rings. The first kappa shape index (κ1) is 43.4. The van der Waals surface area contributed by atoms with E-state index in [9.17, 15) is 4.79 Å². The van der Waals surface area contributed by atoms with Gasteiger partial charge < -0.3 is 19.3 Å². The Morgan fingerprint density at radius 1 is 0.519 bits per heavy atom. The van der Waals surface area contributed by atoms with Gasteiger partial charge in [0.15, 0.2) is 0 Å². The van der Waals surface area contributed by atoms with E-state index in [0.717, 1.165) is 68.2 Å². The molecule has 288 valence electrons. The van der Waals surface area contributed by atoms with Crippen LogP contribution in [0.4, 0.5) is 0 Å². The highest BCUT2D eigenvalue weighted by Gasteiger charge is 2.38. The molecule has 5 heteroatoms. The van der Waals surface area contributed by atoms with Crippen LogP contribution in [0.2, 0.25) is 0 Å². The minimum absolute atomic E-state index is 0.197. The molecule has 0 aliphatic rings. The van der Waals surface area contributed by atoms with Crippen molar-refractivity contribution < 1.29 is 24.1 Å². The zero-order valence-electron chi connectivity index (χ0n) is 32.5. The van der Waals surface area contributed by atoms with E-state index < -0.39 is 11.6 Å². The maximum absolute atomic E-state index is 10.8. The third-order valence-electron chi connectivity index (χ3n) is 10.1. The highest BCUT2D eigenvalue weighted by Crippen LogP contribution is 2.40. The number of rotatable bonds is 33. The Kier molecular flexibility index (Phi) is 23.8. The topological polar surface area (TPSA) is 65.0 Å². The Labute approximate surface area is 316 Å². The zero-order chi connectivity index (χ0) is 36.8. The molecule has 3 aromatic carbocycles. The summed E-state index contributed by atoms with van der Waals surface area (Å²) in [5.74, 6) is -0.705. The Morgan fingerprint density at radius 2 is 0.904 bits per heavy atom. The fourth-order valence-electron chi connectivity index (χ4n) is 7.08. The minimum atomic E-state index is -0.796. The molecule has 1 N–H and O–H groups in total. The van der Waals surface area contributed by atoms with Gasteiger partial charge in [0.05, 0.1) is 13.2 Å². The smallest absolute Gasteiger partial charge is 0.303 e. The van der Waals surface area contributed by atoms with Crippen LogP contribution in [-0.2, 0) is 24.6 Å². The number of carboxylic acid groups (broad SMARTS) is 1. The number of unbranched alkanes of at least 4 members (excludes halogenated alkanes) is 18. The van der Waals surface area contributed by atoms with E-state index in [1.807, 2.05) is 18.2 Å². The molecule has 0 radical (unpaired) electrons. The van der Waals surface area contributed by atoms with Gasteiger partial charge in [0.1, 0.15) is 11.7 Å². The van der Waals surface area contributed by atoms with E-state index >= 15 is 0 Å². The lowest BCUT2D eigenvalue weighted by Crippen LogP contribution is -2.37. The van der Waals surface area contributed by atoms with Crippen LogP contribution in [0.25, 0.3) is 0 Å². The molecule has 0 heterocycles. The van der Waals surface area contributed by atoms with E-state index in [-0.39, 0.29) is 12.5 Å². The molecule has 52 heavy (non-hydrogen) atoms. The van der Waals surface area contributed by atoms with Crippen LogP contribution in [0.5, 0.6) is 0 Å².